The first-order valence-electron chi connectivity index (χ1n) is 11.9. The molecule has 1 saturated heterocycles. The Morgan fingerprint density at radius 3 is 2.70 bits per heavy atom. The van der Waals surface area contributed by atoms with Crippen LogP contribution in [0.4, 0.5) is 4.39 Å². The maximum atomic E-state index is 13.9. The van der Waals surface area contributed by atoms with Crippen LogP contribution in [0.1, 0.15) is 26.7 Å². The molecule has 1 aromatic carbocycles. The van der Waals surface area contributed by atoms with E-state index in [1.807, 2.05) is 6.92 Å². The highest BCUT2D eigenvalue weighted by Crippen LogP contribution is 2.46. The van der Waals surface area contributed by atoms with Crippen molar-refractivity contribution < 1.29 is 47.3 Å². The second-order valence-electron chi connectivity index (χ2n) is 8.59. The van der Waals surface area contributed by atoms with Crippen molar-refractivity contribution in [1.82, 2.24) is 15.3 Å². The van der Waals surface area contributed by atoms with Gasteiger partial charge in [0.1, 0.15) is 17.9 Å². The van der Waals surface area contributed by atoms with Crippen LogP contribution in [0.2, 0.25) is 0 Å². The van der Waals surface area contributed by atoms with Crippen molar-refractivity contribution in [3.8, 4) is 5.75 Å². The van der Waals surface area contributed by atoms with E-state index in [1.165, 1.54) is 25.3 Å². The summed E-state index contributed by atoms with van der Waals surface area (Å²) in [6.45, 7) is 2.09. The summed E-state index contributed by atoms with van der Waals surface area (Å²) in [6, 6.07) is 7.04. The molecule has 1 aromatic rings. The number of amides is 1. The van der Waals surface area contributed by atoms with E-state index in [-0.39, 0.29) is 12.4 Å². The molecule has 7 atom stereocenters. The first-order valence-corrected chi connectivity index (χ1v) is 13.5. The second kappa shape index (κ2) is 13.3. The summed E-state index contributed by atoms with van der Waals surface area (Å²) in [6.07, 6.45) is -1.43. The van der Waals surface area contributed by atoms with Crippen LogP contribution in [0, 0.1) is 5.92 Å². The Morgan fingerprint density at radius 2 is 2.05 bits per heavy atom. The number of ether oxygens (including phenoxy) is 2. The third kappa shape index (κ3) is 7.73. The topological polar surface area (TPSA) is 156 Å². The normalized spacial score (nSPS) is 27.9. The number of carbonyl (C=O) groups is 2. The minimum atomic E-state index is -4.24. The molecule has 0 spiro atoms. The summed E-state index contributed by atoms with van der Waals surface area (Å²) in [5.41, 5.74) is 0. The lowest BCUT2D eigenvalue weighted by Crippen LogP contribution is -2.55. The molecule has 0 saturated carbocycles. The average Bonchev–Trinajstić information content (AvgIpc) is 3.18. The van der Waals surface area contributed by atoms with Gasteiger partial charge in [-0.3, -0.25) is 18.5 Å². The zero-order valence-electron chi connectivity index (χ0n) is 20.6. The predicted molar refractivity (Wildman–Crippen MR) is 128 cm³/mol. The summed E-state index contributed by atoms with van der Waals surface area (Å²) < 4.78 is 49.6. The quantitative estimate of drug-likeness (QED) is 0.161. The fourth-order valence-corrected chi connectivity index (χ4v) is 5.22. The number of carbonyl (C=O) groups excluding carboxylic acids is 2. The van der Waals surface area contributed by atoms with Gasteiger partial charge in [0, 0.05) is 18.2 Å². The van der Waals surface area contributed by atoms with Crippen LogP contribution in [0.25, 0.3) is 0 Å². The maximum Gasteiger partial charge on any atom is 0.459 e. The van der Waals surface area contributed by atoms with Gasteiger partial charge in [-0.1, -0.05) is 31.5 Å². The van der Waals surface area contributed by atoms with Crippen molar-refractivity contribution in [2.45, 2.75) is 57.5 Å². The summed E-state index contributed by atoms with van der Waals surface area (Å²) >= 11 is 0. The fraction of sp³-hybridized carbons (Fsp3) is 0.565. The molecule has 3 rings (SSSR count). The number of unbranched alkanes of at least 4 members (excludes halogenated alkanes) is 1. The van der Waals surface area contributed by atoms with E-state index < -0.39 is 69.7 Å². The van der Waals surface area contributed by atoms with Gasteiger partial charge < -0.3 is 34.4 Å². The maximum absolute atomic E-state index is 13.9. The molecule has 2 heterocycles. The molecule has 0 radical (unpaired) electrons. The van der Waals surface area contributed by atoms with Crippen LogP contribution >= 0.6 is 7.75 Å². The van der Waals surface area contributed by atoms with Gasteiger partial charge >= 0.3 is 13.7 Å². The number of hydrogen-bond acceptors (Lipinski definition) is 10. The summed E-state index contributed by atoms with van der Waals surface area (Å²) in [5.74, 6) is -2.12. The number of rotatable bonds is 13. The standard InChI is InChI=1S/C23H33FN3O9P/c1-3-4-12-33-22(30)15(2)26-37(32,36-16-8-6-5-7-9-16)34-14-18-17(13-24)20(29)21(35-18)27-11-10-19(28)25-23(27)31/h5-11,15,17-18,20-21,23,29,31H,3-4,12-14H2,1-2H3,(H,25,28)(H,26,32)/t15?,17-,18-,20-,21-,23?,37+/m1/s1. The Bertz CT molecular complexity index is 985. The van der Waals surface area contributed by atoms with E-state index in [0.717, 1.165) is 17.4 Å². The molecule has 206 valence electrons. The average molecular weight is 546 g/mol. The Balaban J connectivity index is 1.72. The van der Waals surface area contributed by atoms with Gasteiger partial charge in [0.2, 0.25) is 12.3 Å². The van der Waals surface area contributed by atoms with Crippen LogP contribution in [-0.4, -0.2) is 77.7 Å². The molecule has 0 aromatic heterocycles. The Hall–Kier alpha value is -2.54. The Morgan fingerprint density at radius 1 is 1.32 bits per heavy atom. The monoisotopic (exact) mass is 545 g/mol. The first-order chi connectivity index (χ1) is 17.7. The van der Waals surface area contributed by atoms with Crippen LogP contribution in [0.5, 0.6) is 5.75 Å². The molecule has 0 aliphatic carbocycles. The summed E-state index contributed by atoms with van der Waals surface area (Å²) in [4.78, 5) is 24.9. The molecule has 1 fully saturated rings. The third-order valence-corrected chi connectivity index (χ3v) is 7.42. The van der Waals surface area contributed by atoms with E-state index >= 15 is 0 Å². The molecule has 2 unspecified atom stereocenters. The molecule has 14 heteroatoms. The van der Waals surface area contributed by atoms with E-state index in [4.69, 9.17) is 18.5 Å². The van der Waals surface area contributed by atoms with Crippen LogP contribution < -0.4 is 14.9 Å². The molecule has 4 N–H and O–H groups in total. The number of esters is 1. The van der Waals surface area contributed by atoms with Crippen molar-refractivity contribution >= 4 is 19.6 Å². The van der Waals surface area contributed by atoms with Crippen LogP contribution in [0.3, 0.4) is 0 Å². The molecular formula is C23H33FN3O9P. The van der Waals surface area contributed by atoms with Crippen LogP contribution in [0.15, 0.2) is 42.6 Å². The Kier molecular flexibility index (Phi) is 10.4. The number of benzene rings is 1. The summed E-state index contributed by atoms with van der Waals surface area (Å²) in [5, 5.41) is 25.5. The predicted octanol–water partition coefficient (Wildman–Crippen LogP) is 1.40. The highest BCUT2D eigenvalue weighted by Gasteiger charge is 2.48. The number of nitrogens with one attached hydrogen (secondary N) is 2. The van der Waals surface area contributed by atoms with Crippen molar-refractivity contribution in [3.63, 3.8) is 0 Å². The number of aliphatic hydroxyl groups excluding tert-OH is 2. The fourth-order valence-electron chi connectivity index (χ4n) is 3.71. The van der Waals surface area contributed by atoms with Crippen LogP contribution in [-0.2, 0) is 28.2 Å². The largest absolute Gasteiger partial charge is 0.465 e. The number of alkyl halides is 1. The van der Waals surface area contributed by atoms with Gasteiger partial charge in [0.05, 0.1) is 26.0 Å². The molecule has 0 bridgehead atoms. The van der Waals surface area contributed by atoms with Crippen molar-refractivity contribution in [1.29, 1.82) is 0 Å². The highest BCUT2D eigenvalue weighted by atomic mass is 31.2. The SMILES string of the molecule is CCCCOC(=O)C(C)N[P@](=O)(OC[C@H]1O[C@@H](N2C=CC(=O)NC2O)[C@H](O)[C@@H]1CF)Oc1ccccc1. The van der Waals surface area contributed by atoms with Gasteiger partial charge in [0.15, 0.2) is 6.23 Å². The van der Waals surface area contributed by atoms with Gasteiger partial charge in [0.25, 0.3) is 0 Å². The van der Waals surface area contributed by atoms with E-state index in [2.05, 4.69) is 10.4 Å². The van der Waals surface area contributed by atoms with E-state index in [0.29, 0.717) is 6.42 Å². The number of nitrogens with zero attached hydrogens (tertiary/aromatic N) is 1. The number of halogens is 1. The lowest BCUT2D eigenvalue weighted by atomic mass is 10.00. The lowest BCUT2D eigenvalue weighted by Gasteiger charge is -2.35. The molecule has 37 heavy (non-hydrogen) atoms. The zero-order chi connectivity index (χ0) is 27.0. The third-order valence-electron chi connectivity index (χ3n) is 5.77. The minimum absolute atomic E-state index is 0.189. The molecule has 2 aliphatic rings. The molecular weight excluding hydrogens is 512 g/mol. The lowest BCUT2D eigenvalue weighted by molar-refractivity contribution is -0.152. The smallest absolute Gasteiger partial charge is 0.459 e. The van der Waals surface area contributed by atoms with Gasteiger partial charge in [-0.15, -0.1) is 0 Å². The molecule has 1 amide bonds. The van der Waals surface area contributed by atoms with E-state index in [1.54, 1.807) is 18.2 Å². The number of aliphatic hydroxyl groups is 2. The van der Waals surface area contributed by atoms with Gasteiger partial charge in [-0.25, -0.2) is 4.57 Å². The summed E-state index contributed by atoms with van der Waals surface area (Å²) in [7, 11) is -4.24. The van der Waals surface area contributed by atoms with Crippen molar-refractivity contribution in [3.05, 3.63) is 42.6 Å². The minimum Gasteiger partial charge on any atom is -0.465 e. The van der Waals surface area contributed by atoms with Gasteiger partial charge in [-0.2, -0.15) is 5.09 Å². The number of para-hydroxylation sites is 1. The molecule has 2 aliphatic heterocycles. The van der Waals surface area contributed by atoms with Gasteiger partial charge in [-0.05, 0) is 25.5 Å². The van der Waals surface area contributed by atoms with Crippen molar-refractivity contribution in [2.24, 2.45) is 5.92 Å². The highest BCUT2D eigenvalue weighted by molar-refractivity contribution is 7.52. The second-order valence-corrected chi connectivity index (χ2v) is 10.3. The molecule has 12 nitrogen and oxygen atoms in total. The zero-order valence-corrected chi connectivity index (χ0v) is 21.5. The Labute approximate surface area is 214 Å². The van der Waals surface area contributed by atoms with Crippen molar-refractivity contribution in [2.75, 3.05) is 19.9 Å². The number of hydrogen-bond donors (Lipinski definition) is 4. The van der Waals surface area contributed by atoms with E-state index in [9.17, 15) is 28.8 Å². The first kappa shape index (κ1) is 29.0.